The van der Waals surface area contributed by atoms with E-state index in [0.29, 0.717) is 6.04 Å². The van der Waals surface area contributed by atoms with Gasteiger partial charge in [0.2, 0.25) is 0 Å². The van der Waals surface area contributed by atoms with Gasteiger partial charge in [0.15, 0.2) is 0 Å². The molecule has 2 heteroatoms. The van der Waals surface area contributed by atoms with Crippen molar-refractivity contribution in [3.8, 4) is 0 Å². The van der Waals surface area contributed by atoms with Gasteiger partial charge in [0.05, 0.1) is 0 Å². The highest BCUT2D eigenvalue weighted by Gasteiger charge is 2.11. The van der Waals surface area contributed by atoms with E-state index in [1.807, 2.05) is 0 Å². The summed E-state index contributed by atoms with van der Waals surface area (Å²) in [6.07, 6.45) is 3.04. The first kappa shape index (κ1) is 6.62. The van der Waals surface area contributed by atoms with Crippen LogP contribution in [0.5, 0.6) is 0 Å². The largest absolute Gasteiger partial charge is 0.402 e. The lowest BCUT2D eigenvalue weighted by atomic mass is 9.94. The molecule has 0 aliphatic heterocycles. The van der Waals surface area contributed by atoms with Gasteiger partial charge >= 0.3 is 0 Å². The van der Waals surface area contributed by atoms with Crippen LogP contribution in [0.4, 0.5) is 0 Å². The predicted molar refractivity (Wildman–Crippen MR) is 38.7 cm³/mol. The normalized spacial score (nSPS) is 28.9. The Balaban J connectivity index is 2.61. The molecule has 2 nitrogen and oxygen atoms in total. The highest BCUT2D eigenvalue weighted by Crippen LogP contribution is 2.19. The van der Waals surface area contributed by atoms with E-state index in [2.05, 4.69) is 6.92 Å². The topological polar surface area (TPSA) is 52.0 Å². The summed E-state index contributed by atoms with van der Waals surface area (Å²) in [5.41, 5.74) is 13.7. The second-order valence-electron chi connectivity index (χ2n) is 2.81. The van der Waals surface area contributed by atoms with Crippen molar-refractivity contribution in [3.63, 3.8) is 0 Å². The van der Waals surface area contributed by atoms with Gasteiger partial charge in [-0.25, -0.2) is 0 Å². The molecular formula is C7H14N2. The van der Waals surface area contributed by atoms with Gasteiger partial charge < -0.3 is 11.5 Å². The fourth-order valence-electron chi connectivity index (χ4n) is 1.18. The van der Waals surface area contributed by atoms with Gasteiger partial charge in [0.1, 0.15) is 0 Å². The van der Waals surface area contributed by atoms with Crippen LogP contribution >= 0.6 is 0 Å². The Labute approximate surface area is 55.9 Å². The molecule has 0 unspecified atom stereocenters. The second kappa shape index (κ2) is 2.40. The molecule has 0 amide bonds. The summed E-state index contributed by atoms with van der Waals surface area (Å²) in [5, 5.41) is 0. The van der Waals surface area contributed by atoms with Crippen molar-refractivity contribution in [2.45, 2.75) is 32.2 Å². The van der Waals surface area contributed by atoms with E-state index >= 15 is 0 Å². The molecule has 0 radical (unpaired) electrons. The van der Waals surface area contributed by atoms with Crippen LogP contribution < -0.4 is 11.5 Å². The van der Waals surface area contributed by atoms with Gasteiger partial charge in [-0.2, -0.15) is 0 Å². The monoisotopic (exact) mass is 126 g/mol. The fourth-order valence-corrected chi connectivity index (χ4v) is 1.18. The van der Waals surface area contributed by atoms with Gasteiger partial charge in [-0.1, -0.05) is 5.57 Å². The van der Waals surface area contributed by atoms with E-state index in [1.165, 1.54) is 5.57 Å². The first-order valence-electron chi connectivity index (χ1n) is 3.40. The van der Waals surface area contributed by atoms with Crippen molar-refractivity contribution in [1.82, 2.24) is 0 Å². The van der Waals surface area contributed by atoms with E-state index in [0.717, 1.165) is 25.0 Å². The predicted octanol–water partition coefficient (Wildman–Crippen LogP) is 0.730. The van der Waals surface area contributed by atoms with Gasteiger partial charge in [-0.3, -0.25) is 0 Å². The quantitative estimate of drug-likeness (QED) is 0.502. The Bertz CT molecular complexity index is 138. The standard InChI is InChI=1S/C7H14N2/c1-5-4-6(8)2-3-7(5)9/h6H,2-4,8-9H2,1H3/t6-/m1/s1. The second-order valence-corrected chi connectivity index (χ2v) is 2.81. The van der Waals surface area contributed by atoms with Crippen molar-refractivity contribution < 1.29 is 0 Å². The number of rotatable bonds is 0. The Morgan fingerprint density at radius 2 is 2.22 bits per heavy atom. The average Bonchev–Trinajstić information content (AvgIpc) is 1.80. The van der Waals surface area contributed by atoms with Crippen LogP contribution in [0.25, 0.3) is 0 Å². The van der Waals surface area contributed by atoms with E-state index in [1.54, 1.807) is 0 Å². The molecule has 0 aromatic heterocycles. The Kier molecular flexibility index (Phi) is 1.76. The van der Waals surface area contributed by atoms with Gasteiger partial charge in [0.25, 0.3) is 0 Å². The molecule has 0 saturated carbocycles. The van der Waals surface area contributed by atoms with Crippen LogP contribution in [0, 0.1) is 0 Å². The molecule has 0 heterocycles. The highest BCUT2D eigenvalue weighted by atomic mass is 14.7. The molecule has 0 aromatic carbocycles. The molecule has 1 rings (SSSR count). The molecule has 1 aliphatic carbocycles. The molecule has 1 aliphatic rings. The molecule has 9 heavy (non-hydrogen) atoms. The smallest absolute Gasteiger partial charge is 0.00804 e. The first-order chi connectivity index (χ1) is 4.20. The van der Waals surface area contributed by atoms with Gasteiger partial charge in [-0.15, -0.1) is 0 Å². The zero-order valence-electron chi connectivity index (χ0n) is 5.85. The summed E-state index contributed by atoms with van der Waals surface area (Å²) in [5.74, 6) is 0. The molecule has 0 aromatic rings. The molecule has 0 spiro atoms. The Morgan fingerprint density at radius 1 is 1.56 bits per heavy atom. The fraction of sp³-hybridized carbons (Fsp3) is 0.714. The number of allylic oxidation sites excluding steroid dienone is 1. The SMILES string of the molecule is CC1=C(N)CC[C@@H](N)C1. The zero-order valence-corrected chi connectivity index (χ0v) is 5.85. The number of hydrogen-bond donors (Lipinski definition) is 2. The summed E-state index contributed by atoms with van der Waals surface area (Å²) >= 11 is 0. The van der Waals surface area contributed by atoms with Crippen LogP contribution in [-0.2, 0) is 0 Å². The maximum absolute atomic E-state index is 5.70. The van der Waals surface area contributed by atoms with E-state index in [-0.39, 0.29) is 0 Å². The van der Waals surface area contributed by atoms with Crippen molar-refractivity contribution in [2.75, 3.05) is 0 Å². The molecule has 0 fully saturated rings. The van der Waals surface area contributed by atoms with E-state index < -0.39 is 0 Å². The summed E-state index contributed by atoms with van der Waals surface area (Å²) in [6, 6.07) is 0.359. The van der Waals surface area contributed by atoms with Crippen molar-refractivity contribution in [2.24, 2.45) is 11.5 Å². The summed E-state index contributed by atoms with van der Waals surface area (Å²) in [7, 11) is 0. The number of nitrogens with two attached hydrogens (primary N) is 2. The maximum Gasteiger partial charge on any atom is 0.00804 e. The molecule has 52 valence electrons. The molecule has 1 atom stereocenters. The molecule has 0 saturated heterocycles. The highest BCUT2D eigenvalue weighted by molar-refractivity contribution is 5.13. The van der Waals surface area contributed by atoms with Crippen molar-refractivity contribution >= 4 is 0 Å². The molecule has 0 bridgehead atoms. The first-order valence-corrected chi connectivity index (χ1v) is 3.40. The minimum Gasteiger partial charge on any atom is -0.402 e. The molecular weight excluding hydrogens is 112 g/mol. The zero-order chi connectivity index (χ0) is 6.85. The van der Waals surface area contributed by atoms with Crippen LogP contribution in [0.3, 0.4) is 0 Å². The lowest BCUT2D eigenvalue weighted by Gasteiger charge is -2.19. The van der Waals surface area contributed by atoms with Gasteiger partial charge in [0, 0.05) is 11.7 Å². The van der Waals surface area contributed by atoms with E-state index in [9.17, 15) is 0 Å². The lowest BCUT2D eigenvalue weighted by Crippen LogP contribution is -2.25. The minimum atomic E-state index is 0.359. The van der Waals surface area contributed by atoms with Crippen molar-refractivity contribution in [1.29, 1.82) is 0 Å². The third kappa shape index (κ3) is 1.45. The third-order valence-corrected chi connectivity index (χ3v) is 1.90. The van der Waals surface area contributed by atoms with Crippen LogP contribution in [0.15, 0.2) is 11.3 Å². The third-order valence-electron chi connectivity index (χ3n) is 1.90. The minimum absolute atomic E-state index is 0.359. The van der Waals surface area contributed by atoms with Crippen LogP contribution in [-0.4, -0.2) is 6.04 Å². The van der Waals surface area contributed by atoms with E-state index in [4.69, 9.17) is 11.5 Å². The average molecular weight is 126 g/mol. The Hall–Kier alpha value is -0.500. The molecule has 4 N–H and O–H groups in total. The Morgan fingerprint density at radius 3 is 2.67 bits per heavy atom. The summed E-state index contributed by atoms with van der Waals surface area (Å²) in [6.45, 7) is 2.06. The van der Waals surface area contributed by atoms with Gasteiger partial charge in [-0.05, 0) is 26.2 Å². The summed E-state index contributed by atoms with van der Waals surface area (Å²) in [4.78, 5) is 0. The lowest BCUT2D eigenvalue weighted by molar-refractivity contribution is 0.566. The number of hydrogen-bond acceptors (Lipinski definition) is 2. The van der Waals surface area contributed by atoms with Crippen LogP contribution in [0.1, 0.15) is 26.2 Å². The van der Waals surface area contributed by atoms with Crippen LogP contribution in [0.2, 0.25) is 0 Å². The maximum atomic E-state index is 5.70. The van der Waals surface area contributed by atoms with Crippen molar-refractivity contribution in [3.05, 3.63) is 11.3 Å². The summed E-state index contributed by atoms with van der Waals surface area (Å²) < 4.78 is 0.